The molecule has 4 heteroatoms. The van der Waals surface area contributed by atoms with Gasteiger partial charge < -0.3 is 10.3 Å². The normalized spacial score (nSPS) is 12.8. The number of imidazole rings is 1. The van der Waals surface area contributed by atoms with Gasteiger partial charge in [-0.25, -0.2) is 4.98 Å². The quantitative estimate of drug-likeness (QED) is 0.889. The predicted octanol–water partition coefficient (Wildman–Crippen LogP) is 3.16. The van der Waals surface area contributed by atoms with Crippen molar-refractivity contribution in [3.05, 3.63) is 46.5 Å². The number of hydrogen-bond donors (Lipinski definition) is 1. The summed E-state index contributed by atoms with van der Waals surface area (Å²) in [6.45, 7) is 5.95. The summed E-state index contributed by atoms with van der Waals surface area (Å²) in [6, 6.07) is 5.89. The zero-order chi connectivity index (χ0) is 12.6. The molecule has 0 unspecified atom stereocenters. The van der Waals surface area contributed by atoms with Gasteiger partial charge in [-0.1, -0.05) is 17.7 Å². The van der Waals surface area contributed by atoms with Crippen molar-refractivity contribution in [2.24, 2.45) is 5.73 Å². The van der Waals surface area contributed by atoms with Crippen LogP contribution in [0.15, 0.2) is 24.5 Å². The lowest BCUT2D eigenvalue weighted by atomic mass is 10.1. The Morgan fingerprint density at radius 3 is 2.53 bits per heavy atom. The lowest BCUT2D eigenvalue weighted by Gasteiger charge is -2.11. The molecule has 2 N–H and O–H groups in total. The van der Waals surface area contributed by atoms with E-state index in [9.17, 15) is 0 Å². The highest BCUT2D eigenvalue weighted by molar-refractivity contribution is 6.32. The first-order valence-electron chi connectivity index (χ1n) is 5.56. The van der Waals surface area contributed by atoms with E-state index < -0.39 is 0 Å². The van der Waals surface area contributed by atoms with E-state index >= 15 is 0 Å². The first-order valence-corrected chi connectivity index (χ1v) is 5.94. The van der Waals surface area contributed by atoms with E-state index in [0.29, 0.717) is 5.02 Å². The summed E-state index contributed by atoms with van der Waals surface area (Å²) >= 11 is 6.29. The molecule has 0 aliphatic rings. The van der Waals surface area contributed by atoms with Gasteiger partial charge in [0.05, 0.1) is 22.7 Å². The Bertz CT molecular complexity index is 544. The molecule has 3 nitrogen and oxygen atoms in total. The van der Waals surface area contributed by atoms with Crippen molar-refractivity contribution >= 4 is 11.6 Å². The van der Waals surface area contributed by atoms with Gasteiger partial charge in [0.2, 0.25) is 0 Å². The highest BCUT2D eigenvalue weighted by Crippen LogP contribution is 2.25. The van der Waals surface area contributed by atoms with Crippen LogP contribution in [0, 0.1) is 13.8 Å². The van der Waals surface area contributed by atoms with Crippen molar-refractivity contribution in [2.75, 3.05) is 0 Å². The van der Waals surface area contributed by atoms with Crippen LogP contribution in [0.4, 0.5) is 0 Å². The summed E-state index contributed by atoms with van der Waals surface area (Å²) in [5.41, 5.74) is 9.91. The smallest absolute Gasteiger partial charge is 0.0997 e. The summed E-state index contributed by atoms with van der Waals surface area (Å²) in [5.74, 6) is 0. The average Bonchev–Trinajstić information content (AvgIpc) is 2.60. The van der Waals surface area contributed by atoms with Gasteiger partial charge in [-0.15, -0.1) is 0 Å². The first kappa shape index (κ1) is 12.1. The van der Waals surface area contributed by atoms with Crippen molar-refractivity contribution in [1.82, 2.24) is 9.55 Å². The van der Waals surface area contributed by atoms with Crippen molar-refractivity contribution in [2.45, 2.75) is 26.8 Å². The first-order chi connectivity index (χ1) is 8.00. The van der Waals surface area contributed by atoms with Crippen LogP contribution < -0.4 is 5.73 Å². The largest absolute Gasteiger partial charge is 0.324 e. The van der Waals surface area contributed by atoms with E-state index in [1.165, 1.54) is 0 Å². The molecule has 90 valence electrons. The second kappa shape index (κ2) is 4.51. The van der Waals surface area contributed by atoms with Gasteiger partial charge >= 0.3 is 0 Å². The minimum Gasteiger partial charge on any atom is -0.324 e. The van der Waals surface area contributed by atoms with Crippen LogP contribution in [0.25, 0.3) is 5.69 Å². The highest BCUT2D eigenvalue weighted by Gasteiger charge is 2.09. The molecule has 17 heavy (non-hydrogen) atoms. The van der Waals surface area contributed by atoms with Crippen LogP contribution >= 0.6 is 11.6 Å². The summed E-state index contributed by atoms with van der Waals surface area (Å²) in [4.78, 5) is 4.27. The molecule has 0 fully saturated rings. The number of nitrogens with two attached hydrogens (primary N) is 1. The van der Waals surface area contributed by atoms with E-state index in [2.05, 4.69) is 4.98 Å². The molecule has 0 bridgehead atoms. The zero-order valence-electron chi connectivity index (χ0n) is 10.2. The Balaban J connectivity index is 2.50. The molecule has 0 aliphatic carbocycles. The molecule has 2 aromatic rings. The number of nitrogens with zero attached hydrogens (tertiary/aromatic N) is 2. The van der Waals surface area contributed by atoms with E-state index in [4.69, 9.17) is 17.3 Å². The Morgan fingerprint density at radius 1 is 1.35 bits per heavy atom. The molecule has 1 aromatic heterocycles. The van der Waals surface area contributed by atoms with Gasteiger partial charge in [-0.2, -0.15) is 0 Å². The molecular formula is C13H16ClN3. The molecule has 1 heterocycles. The molecule has 0 saturated carbocycles. The molecule has 0 aliphatic heterocycles. The van der Waals surface area contributed by atoms with Crippen LogP contribution in [0.1, 0.15) is 29.9 Å². The van der Waals surface area contributed by atoms with E-state index in [-0.39, 0.29) is 6.04 Å². The second-order valence-electron chi connectivity index (χ2n) is 4.28. The third-order valence-electron chi connectivity index (χ3n) is 3.01. The number of benzene rings is 1. The fraction of sp³-hybridized carbons (Fsp3) is 0.308. The van der Waals surface area contributed by atoms with Gasteiger partial charge in [0.15, 0.2) is 0 Å². The van der Waals surface area contributed by atoms with Crippen molar-refractivity contribution in [3.8, 4) is 5.69 Å². The second-order valence-corrected chi connectivity index (χ2v) is 4.69. The molecule has 0 spiro atoms. The lowest BCUT2D eigenvalue weighted by molar-refractivity contribution is 0.817. The number of halogens is 1. The maximum absolute atomic E-state index is 6.29. The number of rotatable bonds is 2. The Labute approximate surface area is 106 Å². The Hall–Kier alpha value is -1.32. The van der Waals surface area contributed by atoms with Crippen LogP contribution in [0.2, 0.25) is 5.02 Å². The standard InChI is InChI=1S/C13H16ClN3/c1-8(15)11-4-5-13(12(14)6-11)17-7-16-9(2)10(17)3/h4-8H,15H2,1-3H3/t8-/m0/s1. The third kappa shape index (κ3) is 2.21. The number of hydrogen-bond acceptors (Lipinski definition) is 2. The van der Waals surface area contributed by atoms with Gasteiger partial charge in [0.25, 0.3) is 0 Å². The molecule has 0 saturated heterocycles. The average molecular weight is 250 g/mol. The number of aromatic nitrogens is 2. The summed E-state index contributed by atoms with van der Waals surface area (Å²) in [5, 5.41) is 0.695. The highest BCUT2D eigenvalue weighted by atomic mass is 35.5. The van der Waals surface area contributed by atoms with Gasteiger partial charge in [-0.05, 0) is 38.5 Å². The van der Waals surface area contributed by atoms with E-state index in [1.807, 2.05) is 43.5 Å². The van der Waals surface area contributed by atoms with Crippen LogP contribution in [-0.2, 0) is 0 Å². The third-order valence-corrected chi connectivity index (χ3v) is 3.31. The van der Waals surface area contributed by atoms with Crippen LogP contribution in [0.5, 0.6) is 0 Å². The fourth-order valence-corrected chi connectivity index (χ4v) is 2.02. The van der Waals surface area contributed by atoms with Crippen LogP contribution in [-0.4, -0.2) is 9.55 Å². The molecule has 1 atom stereocenters. The summed E-state index contributed by atoms with van der Waals surface area (Å²) in [7, 11) is 0. The lowest BCUT2D eigenvalue weighted by Crippen LogP contribution is -2.05. The summed E-state index contributed by atoms with van der Waals surface area (Å²) < 4.78 is 1.99. The predicted molar refractivity (Wildman–Crippen MR) is 70.7 cm³/mol. The van der Waals surface area contributed by atoms with Crippen molar-refractivity contribution in [3.63, 3.8) is 0 Å². The van der Waals surface area contributed by atoms with Crippen molar-refractivity contribution < 1.29 is 0 Å². The SMILES string of the molecule is Cc1ncn(-c2ccc([C@H](C)N)cc2Cl)c1C. The zero-order valence-corrected chi connectivity index (χ0v) is 11.0. The molecule has 0 amide bonds. The van der Waals surface area contributed by atoms with E-state index in [0.717, 1.165) is 22.6 Å². The molecular weight excluding hydrogens is 234 g/mol. The Morgan fingerprint density at radius 2 is 2.06 bits per heavy atom. The van der Waals surface area contributed by atoms with Gasteiger partial charge in [-0.3, -0.25) is 0 Å². The van der Waals surface area contributed by atoms with Crippen LogP contribution in [0.3, 0.4) is 0 Å². The maximum Gasteiger partial charge on any atom is 0.0997 e. The van der Waals surface area contributed by atoms with E-state index in [1.54, 1.807) is 6.33 Å². The Kier molecular flexibility index (Phi) is 3.22. The molecule has 0 radical (unpaired) electrons. The summed E-state index contributed by atoms with van der Waals surface area (Å²) in [6.07, 6.45) is 1.79. The maximum atomic E-state index is 6.29. The minimum atomic E-state index is -0.00725. The topological polar surface area (TPSA) is 43.8 Å². The minimum absolute atomic E-state index is 0.00725. The fourth-order valence-electron chi connectivity index (χ4n) is 1.74. The number of aryl methyl sites for hydroxylation is 1. The molecule has 1 aromatic carbocycles. The van der Waals surface area contributed by atoms with Gasteiger partial charge in [0.1, 0.15) is 0 Å². The monoisotopic (exact) mass is 249 g/mol. The van der Waals surface area contributed by atoms with Crippen molar-refractivity contribution in [1.29, 1.82) is 0 Å². The molecule has 2 rings (SSSR count). The van der Waals surface area contributed by atoms with Gasteiger partial charge in [0, 0.05) is 11.7 Å².